The van der Waals surface area contributed by atoms with E-state index < -0.39 is 10.0 Å². The van der Waals surface area contributed by atoms with E-state index in [1.165, 1.54) is 10.6 Å². The number of piperidine rings is 1. The Morgan fingerprint density at radius 2 is 1.96 bits per heavy atom. The molecule has 1 aromatic carbocycles. The summed E-state index contributed by atoms with van der Waals surface area (Å²) in [5.74, 6) is 1.27. The second-order valence-corrected chi connectivity index (χ2v) is 9.22. The molecule has 1 atom stereocenters. The molecule has 10 heteroatoms. The highest BCUT2D eigenvalue weighted by Gasteiger charge is 2.38. The molecule has 1 fully saturated rings. The third-order valence-electron chi connectivity index (χ3n) is 4.91. The number of hydrogen-bond donors (Lipinski definition) is 1. The Morgan fingerprint density at radius 1 is 1.30 bits per heavy atom. The minimum Gasteiger partial charge on any atom is -0.486 e. The molecule has 3 rings (SSSR count). The molecule has 1 aliphatic heterocycles. The lowest BCUT2D eigenvalue weighted by Gasteiger charge is -2.41. The maximum atomic E-state index is 12.9. The Morgan fingerprint density at radius 3 is 2.52 bits per heavy atom. The predicted molar refractivity (Wildman–Crippen MR) is 104 cm³/mol. The van der Waals surface area contributed by atoms with Crippen LogP contribution >= 0.6 is 12.4 Å². The summed E-state index contributed by atoms with van der Waals surface area (Å²) in [6.45, 7) is 5.13. The SMILES string of the molecule is Cl.Cn1ncnc1COc1ccc(S(=O)(=O)N2CCC(N)C(C)(C)C2)cc1. The Balaban J connectivity index is 0.00000261. The summed E-state index contributed by atoms with van der Waals surface area (Å²) in [6.07, 6.45) is 2.12. The molecule has 2 aromatic rings. The van der Waals surface area contributed by atoms with Gasteiger partial charge in [-0.15, -0.1) is 12.4 Å². The second kappa shape index (κ2) is 8.14. The molecule has 0 aliphatic carbocycles. The number of nitrogens with zero attached hydrogens (tertiary/aromatic N) is 4. The van der Waals surface area contributed by atoms with Gasteiger partial charge < -0.3 is 10.5 Å². The van der Waals surface area contributed by atoms with E-state index in [0.29, 0.717) is 31.1 Å². The number of aromatic nitrogens is 3. The molecule has 27 heavy (non-hydrogen) atoms. The van der Waals surface area contributed by atoms with Crippen LogP contribution in [0.3, 0.4) is 0 Å². The first kappa shape index (κ1) is 21.6. The zero-order valence-corrected chi connectivity index (χ0v) is 17.3. The number of ether oxygens (including phenoxy) is 1. The van der Waals surface area contributed by atoms with Gasteiger partial charge in [0.15, 0.2) is 5.82 Å². The summed E-state index contributed by atoms with van der Waals surface area (Å²) >= 11 is 0. The molecule has 2 heterocycles. The molecular formula is C17H26ClN5O3S. The molecule has 1 aromatic heterocycles. The van der Waals surface area contributed by atoms with Crippen molar-refractivity contribution in [3.05, 3.63) is 36.4 Å². The van der Waals surface area contributed by atoms with Crippen molar-refractivity contribution in [3.63, 3.8) is 0 Å². The Bertz CT molecular complexity index is 867. The lowest BCUT2D eigenvalue weighted by Crippen LogP contribution is -2.53. The average Bonchev–Trinajstić information content (AvgIpc) is 3.00. The summed E-state index contributed by atoms with van der Waals surface area (Å²) in [4.78, 5) is 4.34. The largest absolute Gasteiger partial charge is 0.486 e. The van der Waals surface area contributed by atoms with Crippen molar-refractivity contribution in [2.75, 3.05) is 13.1 Å². The Kier molecular flexibility index (Phi) is 6.51. The molecule has 0 bridgehead atoms. The lowest BCUT2D eigenvalue weighted by atomic mass is 9.81. The first-order chi connectivity index (χ1) is 12.2. The van der Waals surface area contributed by atoms with Gasteiger partial charge >= 0.3 is 0 Å². The molecule has 0 saturated carbocycles. The van der Waals surface area contributed by atoms with Gasteiger partial charge in [-0.1, -0.05) is 13.8 Å². The zero-order valence-electron chi connectivity index (χ0n) is 15.7. The molecule has 8 nitrogen and oxygen atoms in total. The van der Waals surface area contributed by atoms with E-state index in [1.807, 2.05) is 13.8 Å². The number of benzene rings is 1. The van der Waals surface area contributed by atoms with E-state index in [2.05, 4.69) is 10.1 Å². The van der Waals surface area contributed by atoms with Crippen LogP contribution in [-0.2, 0) is 23.7 Å². The van der Waals surface area contributed by atoms with Crippen molar-refractivity contribution < 1.29 is 13.2 Å². The number of sulfonamides is 1. The van der Waals surface area contributed by atoms with E-state index in [4.69, 9.17) is 10.5 Å². The monoisotopic (exact) mass is 415 g/mol. The Hall–Kier alpha value is -1.68. The van der Waals surface area contributed by atoms with Gasteiger partial charge in [0.1, 0.15) is 18.7 Å². The predicted octanol–water partition coefficient (Wildman–Crippen LogP) is 1.56. The van der Waals surface area contributed by atoms with Crippen LogP contribution in [0.1, 0.15) is 26.1 Å². The van der Waals surface area contributed by atoms with Crippen LogP contribution in [0.4, 0.5) is 0 Å². The van der Waals surface area contributed by atoms with Gasteiger partial charge in [-0.05, 0) is 36.1 Å². The van der Waals surface area contributed by atoms with Crippen LogP contribution in [0, 0.1) is 5.41 Å². The summed E-state index contributed by atoms with van der Waals surface area (Å²) < 4.78 is 34.6. The maximum Gasteiger partial charge on any atom is 0.243 e. The van der Waals surface area contributed by atoms with Gasteiger partial charge in [-0.2, -0.15) is 9.40 Å². The number of aryl methyl sites for hydroxylation is 1. The lowest BCUT2D eigenvalue weighted by molar-refractivity contribution is 0.155. The standard InChI is InChI=1S/C17H25N5O3S.ClH/c1-17(2)11-22(9-8-15(17)18)26(23,24)14-6-4-13(5-7-14)25-10-16-19-12-20-21(16)3;/h4-7,12,15H,8-11,18H2,1-3H3;1H. The first-order valence-electron chi connectivity index (χ1n) is 8.51. The fourth-order valence-electron chi connectivity index (χ4n) is 2.99. The molecule has 0 radical (unpaired) electrons. The van der Waals surface area contributed by atoms with Crippen molar-refractivity contribution in [1.29, 1.82) is 0 Å². The Labute approximate surface area is 166 Å². The van der Waals surface area contributed by atoms with Gasteiger partial charge in [0.05, 0.1) is 4.90 Å². The number of halogens is 1. The number of hydrogen-bond acceptors (Lipinski definition) is 6. The van der Waals surface area contributed by atoms with Gasteiger partial charge in [0.25, 0.3) is 0 Å². The van der Waals surface area contributed by atoms with Crippen molar-refractivity contribution in [2.24, 2.45) is 18.2 Å². The van der Waals surface area contributed by atoms with Crippen LogP contribution < -0.4 is 10.5 Å². The van der Waals surface area contributed by atoms with E-state index in [1.54, 1.807) is 36.0 Å². The smallest absolute Gasteiger partial charge is 0.243 e. The van der Waals surface area contributed by atoms with E-state index >= 15 is 0 Å². The van der Waals surface area contributed by atoms with Crippen molar-refractivity contribution in [3.8, 4) is 5.75 Å². The molecule has 0 spiro atoms. The van der Waals surface area contributed by atoms with E-state index in [0.717, 1.165) is 0 Å². The highest BCUT2D eigenvalue weighted by molar-refractivity contribution is 7.89. The highest BCUT2D eigenvalue weighted by Crippen LogP contribution is 2.31. The minimum absolute atomic E-state index is 0. The fourth-order valence-corrected chi connectivity index (χ4v) is 4.61. The summed E-state index contributed by atoms with van der Waals surface area (Å²) in [6, 6.07) is 6.46. The van der Waals surface area contributed by atoms with E-state index in [-0.39, 0.29) is 35.4 Å². The summed E-state index contributed by atoms with van der Waals surface area (Å²) in [5, 5.41) is 3.98. The van der Waals surface area contributed by atoms with Gasteiger partial charge in [0.2, 0.25) is 10.0 Å². The number of nitrogens with two attached hydrogens (primary N) is 1. The zero-order chi connectivity index (χ0) is 18.9. The molecule has 1 saturated heterocycles. The van der Waals surface area contributed by atoms with Crippen molar-refractivity contribution in [2.45, 2.75) is 37.8 Å². The van der Waals surface area contributed by atoms with Crippen LogP contribution in [0.25, 0.3) is 0 Å². The van der Waals surface area contributed by atoms with Crippen LogP contribution in [-0.4, -0.2) is 46.6 Å². The first-order valence-corrected chi connectivity index (χ1v) is 9.95. The summed E-state index contributed by atoms with van der Waals surface area (Å²) in [5.41, 5.74) is 5.87. The van der Waals surface area contributed by atoms with Crippen LogP contribution in [0.5, 0.6) is 5.75 Å². The second-order valence-electron chi connectivity index (χ2n) is 7.28. The van der Waals surface area contributed by atoms with E-state index in [9.17, 15) is 8.42 Å². The molecule has 1 aliphatic rings. The van der Waals surface area contributed by atoms with Crippen LogP contribution in [0.15, 0.2) is 35.5 Å². The third-order valence-corrected chi connectivity index (χ3v) is 6.77. The molecule has 0 amide bonds. The molecule has 150 valence electrons. The van der Waals surface area contributed by atoms with Gasteiger partial charge in [0, 0.05) is 26.2 Å². The minimum atomic E-state index is -3.54. The van der Waals surface area contributed by atoms with Gasteiger partial charge in [-0.3, -0.25) is 4.68 Å². The average molecular weight is 416 g/mol. The quantitative estimate of drug-likeness (QED) is 0.794. The fraction of sp³-hybridized carbons (Fsp3) is 0.529. The third kappa shape index (κ3) is 4.60. The normalized spacial score (nSPS) is 20.1. The van der Waals surface area contributed by atoms with Crippen molar-refractivity contribution in [1.82, 2.24) is 19.1 Å². The topological polar surface area (TPSA) is 103 Å². The summed E-state index contributed by atoms with van der Waals surface area (Å²) in [7, 11) is -1.76. The van der Waals surface area contributed by atoms with Gasteiger partial charge in [-0.25, -0.2) is 13.4 Å². The molecule has 1 unspecified atom stereocenters. The maximum absolute atomic E-state index is 12.9. The van der Waals surface area contributed by atoms with Crippen LogP contribution in [0.2, 0.25) is 0 Å². The van der Waals surface area contributed by atoms with Crippen molar-refractivity contribution >= 4 is 22.4 Å². The highest BCUT2D eigenvalue weighted by atomic mass is 35.5. The number of rotatable bonds is 5. The molecule has 2 N–H and O–H groups in total. The molecular weight excluding hydrogens is 390 g/mol.